The first-order valence-corrected chi connectivity index (χ1v) is 9.46. The average molecular weight is 406 g/mol. The van der Waals surface area contributed by atoms with Crippen LogP contribution in [0.2, 0.25) is 0 Å². The Hall–Kier alpha value is -2.94. The van der Waals surface area contributed by atoms with Crippen LogP contribution in [0, 0.1) is 5.92 Å². The second-order valence-electron chi connectivity index (χ2n) is 7.33. The maximum atomic E-state index is 12.6. The van der Waals surface area contributed by atoms with E-state index >= 15 is 0 Å². The molecule has 0 aliphatic heterocycles. The van der Waals surface area contributed by atoms with E-state index in [1.165, 1.54) is 13.8 Å². The van der Waals surface area contributed by atoms with E-state index in [1.807, 2.05) is 30.3 Å². The van der Waals surface area contributed by atoms with Crippen LogP contribution < -0.4 is 21.7 Å². The summed E-state index contributed by atoms with van der Waals surface area (Å²) < 4.78 is 0. The third kappa shape index (κ3) is 7.90. The molecule has 0 fully saturated rings. The number of amides is 3. The van der Waals surface area contributed by atoms with Gasteiger partial charge in [0.15, 0.2) is 0 Å². The number of carbonyl (C=O) groups excluding carboxylic acids is 3. The predicted molar refractivity (Wildman–Crippen MR) is 108 cm³/mol. The summed E-state index contributed by atoms with van der Waals surface area (Å²) in [6.45, 7) is 6.26. The van der Waals surface area contributed by atoms with E-state index < -0.39 is 47.9 Å². The fourth-order valence-electron chi connectivity index (χ4n) is 2.52. The van der Waals surface area contributed by atoms with E-state index in [1.54, 1.807) is 13.8 Å². The molecular formula is C20H30N4O5. The van der Waals surface area contributed by atoms with Crippen molar-refractivity contribution in [3.63, 3.8) is 0 Å². The zero-order chi connectivity index (χ0) is 22.1. The summed E-state index contributed by atoms with van der Waals surface area (Å²) in [4.78, 5) is 47.9. The van der Waals surface area contributed by atoms with E-state index in [0.29, 0.717) is 6.42 Å². The minimum Gasteiger partial charge on any atom is -0.480 e. The van der Waals surface area contributed by atoms with Gasteiger partial charge in [0.1, 0.15) is 18.1 Å². The monoisotopic (exact) mass is 406 g/mol. The number of hydrogen-bond donors (Lipinski definition) is 5. The topological polar surface area (TPSA) is 151 Å². The van der Waals surface area contributed by atoms with Gasteiger partial charge in [-0.1, -0.05) is 44.2 Å². The van der Waals surface area contributed by atoms with Gasteiger partial charge in [0.25, 0.3) is 0 Å². The molecule has 0 aliphatic rings. The van der Waals surface area contributed by atoms with Gasteiger partial charge in [-0.2, -0.15) is 0 Å². The number of nitrogens with two attached hydrogens (primary N) is 1. The molecule has 0 aliphatic carbocycles. The number of carboxylic acids is 1. The summed E-state index contributed by atoms with van der Waals surface area (Å²) in [7, 11) is 0. The predicted octanol–water partition coefficient (Wildman–Crippen LogP) is -0.209. The summed E-state index contributed by atoms with van der Waals surface area (Å²) in [5.41, 5.74) is 6.87. The molecular weight excluding hydrogens is 376 g/mol. The van der Waals surface area contributed by atoms with Crippen LogP contribution in [-0.2, 0) is 25.6 Å². The first kappa shape index (κ1) is 24.1. The number of rotatable bonds is 10. The standard InChI is InChI=1S/C20H30N4O5/c1-11(2)16(19(27)22-12(3)17(25)23-13(4)20(28)29)24-18(26)15(21)10-14-8-6-5-7-9-14/h5-9,11-13,15-16H,10,21H2,1-4H3,(H,22,27)(H,23,25)(H,24,26)(H,28,29)/t12-,13-,15-,16-/m0/s1. The highest BCUT2D eigenvalue weighted by Crippen LogP contribution is 2.06. The van der Waals surface area contributed by atoms with Crippen molar-refractivity contribution in [1.82, 2.24) is 16.0 Å². The molecule has 160 valence electrons. The molecule has 6 N–H and O–H groups in total. The number of carbonyl (C=O) groups is 4. The lowest BCUT2D eigenvalue weighted by Crippen LogP contribution is -2.57. The van der Waals surface area contributed by atoms with Crippen molar-refractivity contribution in [2.75, 3.05) is 0 Å². The Bertz CT molecular complexity index is 723. The Morgan fingerprint density at radius 2 is 1.41 bits per heavy atom. The highest BCUT2D eigenvalue weighted by molar-refractivity contribution is 5.94. The molecule has 1 rings (SSSR count). The van der Waals surface area contributed by atoms with Crippen molar-refractivity contribution in [3.8, 4) is 0 Å². The van der Waals surface area contributed by atoms with Crippen LogP contribution in [0.1, 0.15) is 33.3 Å². The lowest BCUT2D eigenvalue weighted by molar-refractivity contribution is -0.141. The van der Waals surface area contributed by atoms with Crippen molar-refractivity contribution < 1.29 is 24.3 Å². The summed E-state index contributed by atoms with van der Waals surface area (Å²) in [6, 6.07) is 5.50. The van der Waals surface area contributed by atoms with Crippen LogP contribution in [0.5, 0.6) is 0 Å². The number of aliphatic carboxylic acids is 1. The van der Waals surface area contributed by atoms with Gasteiger partial charge in [-0.05, 0) is 31.7 Å². The molecule has 29 heavy (non-hydrogen) atoms. The number of nitrogens with one attached hydrogen (secondary N) is 3. The Balaban J connectivity index is 2.68. The van der Waals surface area contributed by atoms with E-state index in [-0.39, 0.29) is 5.92 Å². The van der Waals surface area contributed by atoms with Crippen LogP contribution in [0.25, 0.3) is 0 Å². The van der Waals surface area contributed by atoms with Gasteiger partial charge in [-0.15, -0.1) is 0 Å². The Morgan fingerprint density at radius 3 is 1.93 bits per heavy atom. The van der Waals surface area contributed by atoms with Crippen LogP contribution >= 0.6 is 0 Å². The van der Waals surface area contributed by atoms with Gasteiger partial charge >= 0.3 is 5.97 Å². The lowest BCUT2D eigenvalue weighted by atomic mass is 10.0. The molecule has 0 radical (unpaired) electrons. The van der Waals surface area contributed by atoms with Crippen LogP contribution in [-0.4, -0.2) is 53.0 Å². The van der Waals surface area contributed by atoms with E-state index in [4.69, 9.17) is 10.8 Å². The molecule has 0 spiro atoms. The van der Waals surface area contributed by atoms with E-state index in [2.05, 4.69) is 16.0 Å². The van der Waals surface area contributed by atoms with Crippen molar-refractivity contribution >= 4 is 23.7 Å². The summed E-state index contributed by atoms with van der Waals surface area (Å²) in [6.07, 6.45) is 0.324. The summed E-state index contributed by atoms with van der Waals surface area (Å²) in [5, 5.41) is 16.3. The zero-order valence-corrected chi connectivity index (χ0v) is 17.1. The third-order valence-corrected chi connectivity index (χ3v) is 4.36. The first-order chi connectivity index (χ1) is 13.5. The molecule has 9 nitrogen and oxygen atoms in total. The maximum absolute atomic E-state index is 12.6. The van der Waals surface area contributed by atoms with Gasteiger partial charge in [0.05, 0.1) is 6.04 Å². The number of hydrogen-bond acceptors (Lipinski definition) is 5. The Kier molecular flexibility index (Phi) is 9.27. The molecule has 9 heteroatoms. The maximum Gasteiger partial charge on any atom is 0.325 e. The fourth-order valence-corrected chi connectivity index (χ4v) is 2.52. The highest BCUT2D eigenvalue weighted by atomic mass is 16.4. The molecule has 4 atom stereocenters. The van der Waals surface area contributed by atoms with Crippen LogP contribution in [0.15, 0.2) is 30.3 Å². The van der Waals surface area contributed by atoms with Crippen molar-refractivity contribution in [3.05, 3.63) is 35.9 Å². The smallest absolute Gasteiger partial charge is 0.325 e. The van der Waals surface area contributed by atoms with Crippen molar-refractivity contribution in [2.45, 2.75) is 58.3 Å². The second kappa shape index (κ2) is 11.2. The van der Waals surface area contributed by atoms with Gasteiger partial charge < -0.3 is 26.8 Å². The minimum atomic E-state index is -1.18. The zero-order valence-electron chi connectivity index (χ0n) is 17.1. The largest absolute Gasteiger partial charge is 0.480 e. The van der Waals surface area contributed by atoms with Gasteiger partial charge in [0, 0.05) is 0 Å². The fraction of sp³-hybridized carbons (Fsp3) is 0.500. The van der Waals surface area contributed by atoms with Gasteiger partial charge in [-0.3, -0.25) is 19.2 Å². The highest BCUT2D eigenvalue weighted by Gasteiger charge is 2.29. The van der Waals surface area contributed by atoms with Gasteiger partial charge in [-0.25, -0.2) is 0 Å². The minimum absolute atomic E-state index is 0.254. The molecule has 1 aromatic carbocycles. The Morgan fingerprint density at radius 1 is 0.862 bits per heavy atom. The molecule has 1 aromatic rings. The summed E-state index contributed by atoms with van der Waals surface area (Å²) >= 11 is 0. The Labute approximate surface area is 170 Å². The second-order valence-corrected chi connectivity index (χ2v) is 7.33. The number of carboxylic acid groups (broad SMARTS) is 1. The third-order valence-electron chi connectivity index (χ3n) is 4.36. The normalized spacial score (nSPS) is 15.0. The molecule has 0 saturated carbocycles. The molecule has 0 aromatic heterocycles. The molecule has 3 amide bonds. The van der Waals surface area contributed by atoms with Crippen molar-refractivity contribution in [2.24, 2.45) is 11.7 Å². The van der Waals surface area contributed by atoms with Crippen LogP contribution in [0.4, 0.5) is 0 Å². The molecule has 0 unspecified atom stereocenters. The molecule has 0 saturated heterocycles. The molecule has 0 bridgehead atoms. The molecule has 0 heterocycles. The average Bonchev–Trinajstić information content (AvgIpc) is 2.65. The van der Waals surface area contributed by atoms with E-state index in [9.17, 15) is 19.2 Å². The quantitative estimate of drug-likeness (QED) is 0.363. The first-order valence-electron chi connectivity index (χ1n) is 9.46. The number of benzene rings is 1. The van der Waals surface area contributed by atoms with Crippen LogP contribution in [0.3, 0.4) is 0 Å². The van der Waals surface area contributed by atoms with Crippen molar-refractivity contribution in [1.29, 1.82) is 0 Å². The van der Waals surface area contributed by atoms with E-state index in [0.717, 1.165) is 5.56 Å². The summed E-state index contributed by atoms with van der Waals surface area (Å²) in [5.74, 6) is -3.10. The van der Waals surface area contributed by atoms with Gasteiger partial charge in [0.2, 0.25) is 17.7 Å². The SMILES string of the molecule is CC(C)[C@H](NC(=O)[C@@H](N)Cc1ccccc1)C(=O)N[C@@H](C)C(=O)N[C@@H](C)C(=O)O. The lowest BCUT2D eigenvalue weighted by Gasteiger charge is -2.25.